The minimum atomic E-state index is -0.731. The Labute approximate surface area is 125 Å². The molecule has 0 saturated carbocycles. The molecule has 4 N–H and O–H groups in total. The Morgan fingerprint density at radius 3 is 2.95 bits per heavy atom. The van der Waals surface area contributed by atoms with Gasteiger partial charge in [0.15, 0.2) is 5.84 Å². The van der Waals surface area contributed by atoms with Crippen LogP contribution in [0, 0.1) is 5.82 Å². The first-order valence-corrected chi connectivity index (χ1v) is 6.42. The molecule has 2 rings (SSSR count). The molecule has 2 amide bonds. The number of amides is 2. The second kappa shape index (κ2) is 6.29. The van der Waals surface area contributed by atoms with Gasteiger partial charge in [-0.1, -0.05) is 5.16 Å². The number of halogens is 1. The average Bonchev–Trinajstić information content (AvgIpc) is 2.85. The molecule has 1 heterocycles. The van der Waals surface area contributed by atoms with E-state index in [1.54, 1.807) is 0 Å². The highest BCUT2D eigenvalue weighted by atomic mass is 19.1. The predicted molar refractivity (Wildman–Crippen MR) is 75.2 cm³/mol. The van der Waals surface area contributed by atoms with Crippen LogP contribution in [-0.4, -0.2) is 42.2 Å². The van der Waals surface area contributed by atoms with E-state index < -0.39 is 18.0 Å². The Balaban J connectivity index is 2.13. The number of ether oxygens (including phenoxy) is 1. The fourth-order valence-electron chi connectivity index (χ4n) is 2.03. The summed E-state index contributed by atoms with van der Waals surface area (Å²) in [6.07, 6.45) is -1.14. The zero-order chi connectivity index (χ0) is 16.3. The molecule has 1 saturated heterocycles. The van der Waals surface area contributed by atoms with Crippen molar-refractivity contribution < 1.29 is 23.9 Å². The summed E-state index contributed by atoms with van der Waals surface area (Å²) in [5, 5.41) is 13.8. The van der Waals surface area contributed by atoms with Crippen LogP contribution in [0.5, 0.6) is 0 Å². The van der Waals surface area contributed by atoms with Gasteiger partial charge in [0.25, 0.3) is 0 Å². The standard InChI is InChI=1S/C13H15FN4O4/c1-7(19)16-5-9-6-18(13(20)22-9)8-2-3-10(11(14)4-8)12(15)17-21/h2-4,9,21H,5-6H2,1H3,(H2,15,17)(H,16,19)/t9-/m0/s1. The van der Waals surface area contributed by atoms with Gasteiger partial charge in [0.1, 0.15) is 11.9 Å². The Bertz CT molecular complexity index is 634. The Morgan fingerprint density at radius 2 is 2.36 bits per heavy atom. The summed E-state index contributed by atoms with van der Waals surface area (Å²) in [5.41, 5.74) is 5.53. The molecule has 0 spiro atoms. The fourth-order valence-corrected chi connectivity index (χ4v) is 2.03. The molecule has 0 bridgehead atoms. The first-order valence-electron chi connectivity index (χ1n) is 6.42. The van der Waals surface area contributed by atoms with Gasteiger partial charge in [-0.25, -0.2) is 9.18 Å². The molecular weight excluding hydrogens is 295 g/mol. The number of anilines is 1. The maximum absolute atomic E-state index is 13.9. The van der Waals surface area contributed by atoms with Crippen molar-refractivity contribution in [2.45, 2.75) is 13.0 Å². The van der Waals surface area contributed by atoms with E-state index in [1.165, 1.54) is 24.0 Å². The van der Waals surface area contributed by atoms with Gasteiger partial charge in [0.05, 0.1) is 24.3 Å². The second-order valence-corrected chi connectivity index (χ2v) is 4.70. The van der Waals surface area contributed by atoms with E-state index in [4.69, 9.17) is 15.7 Å². The third-order valence-corrected chi connectivity index (χ3v) is 3.10. The fraction of sp³-hybridized carbons (Fsp3) is 0.308. The van der Waals surface area contributed by atoms with Crippen LogP contribution in [0.2, 0.25) is 0 Å². The lowest BCUT2D eigenvalue weighted by atomic mass is 10.1. The normalized spacial score (nSPS) is 18.3. The van der Waals surface area contributed by atoms with E-state index in [1.807, 2.05) is 0 Å². The number of oxime groups is 1. The first-order chi connectivity index (χ1) is 10.4. The van der Waals surface area contributed by atoms with Crippen LogP contribution in [0.3, 0.4) is 0 Å². The van der Waals surface area contributed by atoms with Crippen molar-refractivity contribution in [2.75, 3.05) is 18.0 Å². The maximum atomic E-state index is 13.9. The van der Waals surface area contributed by atoms with E-state index in [0.717, 1.165) is 6.07 Å². The monoisotopic (exact) mass is 310 g/mol. The minimum absolute atomic E-state index is 0.0754. The summed E-state index contributed by atoms with van der Waals surface area (Å²) in [5.74, 6) is -1.33. The number of nitrogens with zero attached hydrogens (tertiary/aromatic N) is 2. The molecule has 0 radical (unpaired) electrons. The zero-order valence-corrected chi connectivity index (χ0v) is 11.7. The number of amidine groups is 1. The number of carbonyl (C=O) groups excluding carboxylic acids is 2. The Hall–Kier alpha value is -2.84. The molecule has 0 unspecified atom stereocenters. The lowest BCUT2D eigenvalue weighted by Gasteiger charge is -2.14. The molecule has 1 atom stereocenters. The molecule has 1 fully saturated rings. The average molecular weight is 310 g/mol. The number of hydrogen-bond donors (Lipinski definition) is 3. The summed E-state index contributed by atoms with van der Waals surface area (Å²) < 4.78 is 19.0. The van der Waals surface area contributed by atoms with Gasteiger partial charge >= 0.3 is 6.09 Å². The number of benzene rings is 1. The van der Waals surface area contributed by atoms with Crippen molar-refractivity contribution in [1.82, 2.24) is 5.32 Å². The third-order valence-electron chi connectivity index (χ3n) is 3.10. The molecular formula is C13H15FN4O4. The highest BCUT2D eigenvalue weighted by Crippen LogP contribution is 2.23. The summed E-state index contributed by atoms with van der Waals surface area (Å²) in [7, 11) is 0. The van der Waals surface area contributed by atoms with E-state index in [-0.39, 0.29) is 36.1 Å². The molecule has 1 aromatic carbocycles. The molecule has 22 heavy (non-hydrogen) atoms. The topological polar surface area (TPSA) is 117 Å². The van der Waals surface area contributed by atoms with Crippen molar-refractivity contribution in [3.8, 4) is 0 Å². The number of cyclic esters (lactones) is 1. The molecule has 8 nitrogen and oxygen atoms in total. The number of nitrogens with two attached hydrogens (primary N) is 1. The number of carbonyl (C=O) groups is 2. The smallest absolute Gasteiger partial charge is 0.414 e. The molecule has 1 aromatic rings. The van der Waals surface area contributed by atoms with Crippen LogP contribution in [0.1, 0.15) is 12.5 Å². The van der Waals surface area contributed by atoms with Gasteiger partial charge < -0.3 is 21.0 Å². The van der Waals surface area contributed by atoms with Gasteiger partial charge in [-0.15, -0.1) is 0 Å². The largest absolute Gasteiger partial charge is 0.442 e. The number of hydrogen-bond acceptors (Lipinski definition) is 5. The van der Waals surface area contributed by atoms with Crippen LogP contribution < -0.4 is 16.0 Å². The summed E-state index contributed by atoms with van der Waals surface area (Å²) in [6, 6.07) is 3.85. The Kier molecular flexibility index (Phi) is 4.44. The van der Waals surface area contributed by atoms with Crippen molar-refractivity contribution in [2.24, 2.45) is 10.9 Å². The molecule has 1 aliphatic heterocycles. The molecule has 118 valence electrons. The van der Waals surface area contributed by atoms with Gasteiger partial charge in [-0.3, -0.25) is 9.69 Å². The molecule has 1 aliphatic rings. The van der Waals surface area contributed by atoms with Gasteiger partial charge in [-0.05, 0) is 18.2 Å². The van der Waals surface area contributed by atoms with Crippen LogP contribution in [0.15, 0.2) is 23.4 Å². The lowest BCUT2D eigenvalue weighted by Crippen LogP contribution is -2.33. The van der Waals surface area contributed by atoms with Crippen molar-refractivity contribution in [3.05, 3.63) is 29.6 Å². The van der Waals surface area contributed by atoms with Crippen molar-refractivity contribution in [1.29, 1.82) is 0 Å². The Morgan fingerprint density at radius 1 is 1.64 bits per heavy atom. The van der Waals surface area contributed by atoms with E-state index in [9.17, 15) is 14.0 Å². The van der Waals surface area contributed by atoms with Crippen LogP contribution in [-0.2, 0) is 9.53 Å². The van der Waals surface area contributed by atoms with Crippen molar-refractivity contribution in [3.63, 3.8) is 0 Å². The lowest BCUT2D eigenvalue weighted by molar-refractivity contribution is -0.119. The van der Waals surface area contributed by atoms with Gasteiger partial charge in [0.2, 0.25) is 5.91 Å². The van der Waals surface area contributed by atoms with E-state index >= 15 is 0 Å². The van der Waals surface area contributed by atoms with E-state index in [0.29, 0.717) is 0 Å². The van der Waals surface area contributed by atoms with Gasteiger partial charge in [-0.2, -0.15) is 0 Å². The summed E-state index contributed by atoms with van der Waals surface area (Å²) >= 11 is 0. The van der Waals surface area contributed by atoms with E-state index in [2.05, 4.69) is 10.5 Å². The maximum Gasteiger partial charge on any atom is 0.414 e. The van der Waals surface area contributed by atoms with Gasteiger partial charge in [0, 0.05) is 6.92 Å². The van der Waals surface area contributed by atoms with Crippen LogP contribution in [0.4, 0.5) is 14.9 Å². The zero-order valence-electron chi connectivity index (χ0n) is 11.7. The number of nitrogens with one attached hydrogen (secondary N) is 1. The SMILES string of the molecule is CC(=O)NC[C@H]1CN(c2ccc(C(N)=NO)c(F)c2)C(=O)O1. The highest BCUT2D eigenvalue weighted by Gasteiger charge is 2.32. The molecule has 0 aromatic heterocycles. The highest BCUT2D eigenvalue weighted by molar-refractivity contribution is 5.98. The van der Waals surface area contributed by atoms with Crippen LogP contribution in [0.25, 0.3) is 0 Å². The predicted octanol–water partition coefficient (Wildman–Crippen LogP) is 0.382. The second-order valence-electron chi connectivity index (χ2n) is 4.70. The first kappa shape index (κ1) is 15.5. The molecule has 9 heteroatoms. The quantitative estimate of drug-likeness (QED) is 0.322. The van der Waals surface area contributed by atoms with Crippen LogP contribution >= 0.6 is 0 Å². The number of rotatable bonds is 4. The summed E-state index contributed by atoms with van der Waals surface area (Å²) in [4.78, 5) is 23.9. The molecule has 0 aliphatic carbocycles. The van der Waals surface area contributed by atoms with Crippen molar-refractivity contribution >= 4 is 23.5 Å². The third kappa shape index (κ3) is 3.25. The summed E-state index contributed by atoms with van der Waals surface area (Å²) in [6.45, 7) is 1.72. The minimum Gasteiger partial charge on any atom is -0.442 e.